The fraction of sp³-hybridized carbons (Fsp3) is 0.250. The maximum Gasteiger partial charge on any atom is 0.127 e. The highest BCUT2D eigenvalue weighted by atomic mass is 16.5. The fourth-order valence-electron chi connectivity index (χ4n) is 3.77. The highest BCUT2D eigenvalue weighted by Gasteiger charge is 2.11. The summed E-state index contributed by atoms with van der Waals surface area (Å²) < 4.78 is 6.15. The van der Waals surface area contributed by atoms with Crippen LogP contribution in [0.1, 0.15) is 38.2 Å². The van der Waals surface area contributed by atoms with Gasteiger partial charge in [-0.15, -0.1) is 0 Å². The van der Waals surface area contributed by atoms with Gasteiger partial charge in [-0.25, -0.2) is 4.98 Å². The Labute approximate surface area is 190 Å². The minimum atomic E-state index is 0.742. The standard InChI is InChI=1S/C28H29N3O/c1-3-4-5-8-19-32-27-15-9-11-21(2)28(27)22-16-17-24(30-20-22)26-14-10-13-25(31-26)23-12-6-7-18-29-23/h6-7,9-18,20H,3-5,8,19H2,1-2H3. The van der Waals surface area contributed by atoms with Gasteiger partial charge >= 0.3 is 0 Å². The van der Waals surface area contributed by atoms with Crippen LogP contribution in [0.25, 0.3) is 33.9 Å². The minimum Gasteiger partial charge on any atom is -0.493 e. The molecule has 0 unspecified atom stereocenters. The number of pyridine rings is 3. The lowest BCUT2D eigenvalue weighted by Gasteiger charge is -2.14. The molecule has 0 saturated carbocycles. The first kappa shape index (κ1) is 21.7. The van der Waals surface area contributed by atoms with Crippen molar-refractivity contribution in [2.45, 2.75) is 39.5 Å². The summed E-state index contributed by atoms with van der Waals surface area (Å²) in [6.07, 6.45) is 8.46. The van der Waals surface area contributed by atoms with E-state index in [0.29, 0.717) is 0 Å². The molecule has 3 aromatic heterocycles. The maximum absolute atomic E-state index is 6.15. The van der Waals surface area contributed by atoms with Crippen LogP contribution in [0.5, 0.6) is 5.75 Å². The first-order valence-corrected chi connectivity index (χ1v) is 11.3. The normalized spacial score (nSPS) is 10.8. The van der Waals surface area contributed by atoms with Crippen LogP contribution < -0.4 is 4.74 Å². The molecule has 4 rings (SSSR count). The number of aromatic nitrogens is 3. The maximum atomic E-state index is 6.15. The lowest BCUT2D eigenvalue weighted by molar-refractivity contribution is 0.306. The van der Waals surface area contributed by atoms with Crippen LogP contribution in [0, 0.1) is 6.92 Å². The van der Waals surface area contributed by atoms with Gasteiger partial charge in [-0.2, -0.15) is 0 Å². The average molecular weight is 424 g/mol. The Bertz CT molecular complexity index is 1140. The van der Waals surface area contributed by atoms with Crippen LogP contribution in [-0.2, 0) is 0 Å². The first-order chi connectivity index (χ1) is 15.8. The van der Waals surface area contributed by atoms with Gasteiger partial charge in [0.25, 0.3) is 0 Å². The number of hydrogen-bond donors (Lipinski definition) is 0. The van der Waals surface area contributed by atoms with Crippen molar-refractivity contribution in [3.8, 4) is 39.7 Å². The molecule has 0 atom stereocenters. The van der Waals surface area contributed by atoms with E-state index in [-0.39, 0.29) is 0 Å². The number of rotatable bonds is 9. The molecule has 0 aliphatic rings. The third kappa shape index (κ3) is 5.20. The highest BCUT2D eigenvalue weighted by molar-refractivity contribution is 5.74. The molecule has 0 aliphatic carbocycles. The van der Waals surface area contributed by atoms with E-state index in [4.69, 9.17) is 14.7 Å². The lowest BCUT2D eigenvalue weighted by Crippen LogP contribution is -2.00. The summed E-state index contributed by atoms with van der Waals surface area (Å²) in [7, 11) is 0. The highest BCUT2D eigenvalue weighted by Crippen LogP contribution is 2.34. The van der Waals surface area contributed by atoms with Gasteiger partial charge < -0.3 is 4.74 Å². The van der Waals surface area contributed by atoms with E-state index in [1.807, 2.05) is 54.7 Å². The second-order valence-electron chi connectivity index (χ2n) is 7.91. The second-order valence-corrected chi connectivity index (χ2v) is 7.91. The average Bonchev–Trinajstić information content (AvgIpc) is 2.85. The summed E-state index contributed by atoms with van der Waals surface area (Å²) in [5.74, 6) is 0.923. The van der Waals surface area contributed by atoms with Gasteiger partial charge in [0.1, 0.15) is 5.75 Å². The molecule has 162 valence electrons. The number of hydrogen-bond acceptors (Lipinski definition) is 4. The summed E-state index contributed by atoms with van der Waals surface area (Å²) >= 11 is 0. The molecule has 3 heterocycles. The van der Waals surface area contributed by atoms with Crippen LogP contribution in [0.3, 0.4) is 0 Å². The van der Waals surface area contributed by atoms with Crippen molar-refractivity contribution in [1.82, 2.24) is 15.0 Å². The zero-order chi connectivity index (χ0) is 22.2. The Morgan fingerprint density at radius 2 is 1.50 bits per heavy atom. The van der Waals surface area contributed by atoms with Crippen molar-refractivity contribution in [1.29, 1.82) is 0 Å². The third-order valence-electron chi connectivity index (χ3n) is 5.48. The van der Waals surface area contributed by atoms with E-state index in [1.165, 1.54) is 24.8 Å². The first-order valence-electron chi connectivity index (χ1n) is 11.3. The van der Waals surface area contributed by atoms with Crippen molar-refractivity contribution in [2.75, 3.05) is 6.61 Å². The molecule has 1 aromatic carbocycles. The predicted molar refractivity (Wildman–Crippen MR) is 131 cm³/mol. The number of unbranched alkanes of at least 4 members (excludes halogenated alkanes) is 3. The van der Waals surface area contributed by atoms with E-state index in [0.717, 1.165) is 52.7 Å². The van der Waals surface area contributed by atoms with Gasteiger partial charge in [0.15, 0.2) is 0 Å². The number of aryl methyl sites for hydroxylation is 1. The van der Waals surface area contributed by atoms with Crippen molar-refractivity contribution in [3.63, 3.8) is 0 Å². The molecular weight excluding hydrogens is 394 g/mol. The van der Waals surface area contributed by atoms with Gasteiger partial charge in [-0.3, -0.25) is 9.97 Å². The van der Waals surface area contributed by atoms with E-state index in [1.54, 1.807) is 6.20 Å². The zero-order valence-corrected chi connectivity index (χ0v) is 18.8. The monoisotopic (exact) mass is 423 g/mol. The van der Waals surface area contributed by atoms with Gasteiger partial charge in [-0.1, -0.05) is 56.5 Å². The summed E-state index contributed by atoms with van der Waals surface area (Å²) in [6.45, 7) is 5.08. The summed E-state index contributed by atoms with van der Waals surface area (Å²) in [5.41, 5.74) is 6.70. The largest absolute Gasteiger partial charge is 0.493 e. The molecule has 4 heteroatoms. The minimum absolute atomic E-state index is 0.742. The Balaban J connectivity index is 1.56. The van der Waals surface area contributed by atoms with E-state index < -0.39 is 0 Å². The van der Waals surface area contributed by atoms with Crippen molar-refractivity contribution >= 4 is 0 Å². The van der Waals surface area contributed by atoms with Crippen LogP contribution in [0.4, 0.5) is 0 Å². The molecule has 32 heavy (non-hydrogen) atoms. The second kappa shape index (κ2) is 10.7. The molecule has 0 saturated heterocycles. The number of nitrogens with zero attached hydrogens (tertiary/aromatic N) is 3. The Morgan fingerprint density at radius 3 is 2.22 bits per heavy atom. The summed E-state index contributed by atoms with van der Waals surface area (Å²) in [5, 5.41) is 0. The molecule has 0 N–H and O–H groups in total. The van der Waals surface area contributed by atoms with Crippen LogP contribution in [0.15, 0.2) is 79.1 Å². The fourth-order valence-corrected chi connectivity index (χ4v) is 3.77. The Morgan fingerprint density at radius 1 is 0.719 bits per heavy atom. The van der Waals surface area contributed by atoms with Crippen molar-refractivity contribution in [3.05, 3.63) is 84.7 Å². The number of benzene rings is 1. The van der Waals surface area contributed by atoms with E-state index in [2.05, 4.69) is 37.0 Å². The zero-order valence-electron chi connectivity index (χ0n) is 18.8. The number of ether oxygens (including phenoxy) is 1. The Kier molecular flexibility index (Phi) is 7.23. The molecule has 0 radical (unpaired) electrons. The molecule has 0 aliphatic heterocycles. The molecule has 0 fully saturated rings. The van der Waals surface area contributed by atoms with Crippen LogP contribution in [0.2, 0.25) is 0 Å². The molecule has 0 spiro atoms. The summed E-state index contributed by atoms with van der Waals surface area (Å²) in [4.78, 5) is 13.9. The molecule has 0 bridgehead atoms. The lowest BCUT2D eigenvalue weighted by atomic mass is 10.0. The third-order valence-corrected chi connectivity index (χ3v) is 5.48. The van der Waals surface area contributed by atoms with Gasteiger partial charge in [-0.05, 0) is 55.3 Å². The van der Waals surface area contributed by atoms with Gasteiger partial charge in [0, 0.05) is 23.5 Å². The van der Waals surface area contributed by atoms with Crippen molar-refractivity contribution < 1.29 is 4.74 Å². The smallest absolute Gasteiger partial charge is 0.127 e. The summed E-state index contributed by atoms with van der Waals surface area (Å²) in [6, 6.07) is 22.1. The van der Waals surface area contributed by atoms with Gasteiger partial charge in [0.05, 0.1) is 29.4 Å². The molecule has 4 nitrogen and oxygen atoms in total. The predicted octanol–water partition coefficient (Wildman–Crippen LogP) is 7.14. The topological polar surface area (TPSA) is 47.9 Å². The molecular formula is C28H29N3O. The van der Waals surface area contributed by atoms with E-state index in [9.17, 15) is 0 Å². The van der Waals surface area contributed by atoms with Gasteiger partial charge in [0.2, 0.25) is 0 Å². The van der Waals surface area contributed by atoms with E-state index >= 15 is 0 Å². The van der Waals surface area contributed by atoms with Crippen LogP contribution >= 0.6 is 0 Å². The quantitative estimate of drug-likeness (QED) is 0.268. The molecule has 0 amide bonds. The van der Waals surface area contributed by atoms with Crippen molar-refractivity contribution in [2.24, 2.45) is 0 Å². The molecule has 4 aromatic rings. The Hall–Kier alpha value is -3.53. The van der Waals surface area contributed by atoms with Crippen LogP contribution in [-0.4, -0.2) is 21.6 Å². The SMILES string of the molecule is CCCCCCOc1cccc(C)c1-c1ccc(-c2cccc(-c3ccccn3)n2)nc1.